The van der Waals surface area contributed by atoms with Crippen LogP contribution in [0.1, 0.15) is 0 Å². The standard InChI is InChI=1S/C4H9N3OS/c1-7(2)4(8)9-3(5)6/h1-2H3,(H3,5,6). The summed E-state index contributed by atoms with van der Waals surface area (Å²) in [6.45, 7) is 0. The van der Waals surface area contributed by atoms with E-state index in [0.717, 1.165) is 0 Å². The molecule has 0 rings (SSSR count). The Balaban J connectivity index is 3.64. The number of hydrogen-bond donors (Lipinski definition) is 2. The monoisotopic (exact) mass is 147 g/mol. The second-order valence-corrected chi connectivity index (χ2v) is 2.62. The maximum Gasteiger partial charge on any atom is 0.288 e. The first-order chi connectivity index (χ1) is 4.04. The molecule has 9 heavy (non-hydrogen) atoms. The van der Waals surface area contributed by atoms with E-state index in [1.807, 2.05) is 0 Å². The van der Waals surface area contributed by atoms with E-state index in [2.05, 4.69) is 0 Å². The summed E-state index contributed by atoms with van der Waals surface area (Å²) in [5.41, 5.74) is 4.93. The normalized spacial score (nSPS) is 8.67. The second-order valence-electron chi connectivity index (χ2n) is 1.63. The van der Waals surface area contributed by atoms with Crippen LogP contribution in [0, 0.1) is 5.41 Å². The van der Waals surface area contributed by atoms with Crippen LogP contribution in [0.2, 0.25) is 0 Å². The molecule has 0 unspecified atom stereocenters. The van der Waals surface area contributed by atoms with Gasteiger partial charge < -0.3 is 10.6 Å². The van der Waals surface area contributed by atoms with Gasteiger partial charge in [0.15, 0.2) is 5.17 Å². The highest BCUT2D eigenvalue weighted by Crippen LogP contribution is 2.02. The summed E-state index contributed by atoms with van der Waals surface area (Å²) in [6.07, 6.45) is 0. The molecule has 52 valence electrons. The fraction of sp³-hybridized carbons (Fsp3) is 0.500. The van der Waals surface area contributed by atoms with Crippen LogP contribution in [0.3, 0.4) is 0 Å². The lowest BCUT2D eigenvalue weighted by atomic mass is 11.0. The molecule has 0 radical (unpaired) electrons. The largest absolute Gasteiger partial charge is 0.378 e. The first kappa shape index (κ1) is 8.29. The third-order valence-electron chi connectivity index (χ3n) is 0.562. The number of rotatable bonds is 0. The van der Waals surface area contributed by atoms with Crippen molar-refractivity contribution in [3.05, 3.63) is 0 Å². The van der Waals surface area contributed by atoms with Crippen molar-refractivity contribution < 1.29 is 4.79 Å². The molecular formula is C4H9N3OS. The second kappa shape index (κ2) is 3.34. The molecule has 0 spiro atoms. The van der Waals surface area contributed by atoms with Gasteiger partial charge >= 0.3 is 0 Å². The smallest absolute Gasteiger partial charge is 0.288 e. The SMILES string of the molecule is CN(C)C(=O)SC(=N)N. The van der Waals surface area contributed by atoms with Crippen molar-refractivity contribution in [1.82, 2.24) is 4.90 Å². The van der Waals surface area contributed by atoms with Gasteiger partial charge in [0.1, 0.15) is 0 Å². The molecule has 0 aromatic carbocycles. The van der Waals surface area contributed by atoms with Crippen LogP contribution < -0.4 is 5.73 Å². The van der Waals surface area contributed by atoms with Crippen LogP contribution >= 0.6 is 11.8 Å². The zero-order chi connectivity index (χ0) is 7.44. The van der Waals surface area contributed by atoms with Crippen LogP contribution in [0.15, 0.2) is 0 Å². The van der Waals surface area contributed by atoms with Crippen molar-refractivity contribution in [1.29, 1.82) is 5.41 Å². The molecule has 0 aliphatic heterocycles. The summed E-state index contributed by atoms with van der Waals surface area (Å²) in [7, 11) is 3.22. The van der Waals surface area contributed by atoms with Gasteiger partial charge in [0.25, 0.3) is 5.24 Å². The van der Waals surface area contributed by atoms with E-state index in [4.69, 9.17) is 11.1 Å². The van der Waals surface area contributed by atoms with Gasteiger partial charge in [0, 0.05) is 25.9 Å². The van der Waals surface area contributed by atoms with Gasteiger partial charge in [0.2, 0.25) is 0 Å². The molecule has 0 aliphatic rings. The predicted octanol–water partition coefficient (Wildman–Crippen LogP) is 0.295. The lowest BCUT2D eigenvalue weighted by Crippen LogP contribution is -2.20. The molecule has 0 aliphatic carbocycles. The Hall–Kier alpha value is -0.710. The minimum absolute atomic E-state index is 0.172. The number of nitrogens with one attached hydrogen (secondary N) is 1. The molecule has 0 aromatic rings. The van der Waals surface area contributed by atoms with Crippen molar-refractivity contribution in [2.45, 2.75) is 0 Å². The van der Waals surface area contributed by atoms with Gasteiger partial charge in [-0.1, -0.05) is 0 Å². The average molecular weight is 147 g/mol. The number of hydrogen-bond acceptors (Lipinski definition) is 3. The highest BCUT2D eigenvalue weighted by Gasteiger charge is 2.04. The zero-order valence-electron chi connectivity index (χ0n) is 5.34. The molecule has 5 heteroatoms. The fourth-order valence-corrected chi connectivity index (χ4v) is 0.556. The molecule has 3 N–H and O–H groups in total. The van der Waals surface area contributed by atoms with Crippen molar-refractivity contribution in [3.63, 3.8) is 0 Å². The van der Waals surface area contributed by atoms with Crippen molar-refractivity contribution in [3.8, 4) is 0 Å². The van der Waals surface area contributed by atoms with Gasteiger partial charge in [-0.25, -0.2) is 0 Å². The third kappa shape index (κ3) is 3.84. The van der Waals surface area contributed by atoms with E-state index < -0.39 is 0 Å². The highest BCUT2D eigenvalue weighted by molar-refractivity contribution is 8.26. The van der Waals surface area contributed by atoms with E-state index in [1.165, 1.54) is 4.90 Å². The van der Waals surface area contributed by atoms with Gasteiger partial charge in [-0.2, -0.15) is 0 Å². The molecular weight excluding hydrogens is 138 g/mol. The summed E-state index contributed by atoms with van der Waals surface area (Å²) in [5.74, 6) is 0. The molecule has 0 heterocycles. The number of carbonyl (C=O) groups excluding carboxylic acids is 1. The Labute approximate surface area is 57.9 Å². The average Bonchev–Trinajstić information content (AvgIpc) is 1.63. The van der Waals surface area contributed by atoms with Gasteiger partial charge in [-0.15, -0.1) is 0 Å². The van der Waals surface area contributed by atoms with E-state index >= 15 is 0 Å². The Kier molecular flexibility index (Phi) is 3.08. The van der Waals surface area contributed by atoms with Crippen molar-refractivity contribution in [2.75, 3.05) is 14.1 Å². The number of nitrogens with zero attached hydrogens (tertiary/aromatic N) is 1. The number of amidine groups is 1. The van der Waals surface area contributed by atoms with Crippen LogP contribution in [0.5, 0.6) is 0 Å². The van der Waals surface area contributed by atoms with Crippen LogP contribution in [0.25, 0.3) is 0 Å². The summed E-state index contributed by atoms with van der Waals surface area (Å²) in [6, 6.07) is 0. The van der Waals surface area contributed by atoms with Gasteiger partial charge in [-0.3, -0.25) is 10.2 Å². The molecule has 0 saturated carbocycles. The molecule has 4 nitrogen and oxygen atoms in total. The summed E-state index contributed by atoms with van der Waals surface area (Å²) in [4.78, 5) is 12.0. The number of amides is 1. The fourth-order valence-electron chi connectivity index (χ4n) is 0.185. The van der Waals surface area contributed by atoms with Crippen LogP contribution in [0.4, 0.5) is 4.79 Å². The molecule has 0 bridgehead atoms. The lowest BCUT2D eigenvalue weighted by molar-refractivity contribution is 0.241. The van der Waals surface area contributed by atoms with E-state index in [9.17, 15) is 4.79 Å². The summed E-state index contributed by atoms with van der Waals surface area (Å²) >= 11 is 0.711. The summed E-state index contributed by atoms with van der Waals surface area (Å²) in [5, 5.41) is 6.32. The van der Waals surface area contributed by atoms with E-state index in [-0.39, 0.29) is 10.4 Å². The van der Waals surface area contributed by atoms with Crippen LogP contribution in [-0.4, -0.2) is 29.4 Å². The Morgan fingerprint density at radius 2 is 2.11 bits per heavy atom. The number of nitrogens with two attached hydrogens (primary N) is 1. The predicted molar refractivity (Wildman–Crippen MR) is 38.6 cm³/mol. The molecule has 0 fully saturated rings. The molecule has 1 amide bonds. The zero-order valence-corrected chi connectivity index (χ0v) is 6.16. The first-order valence-corrected chi connectivity index (χ1v) is 3.09. The minimum atomic E-state index is -0.220. The van der Waals surface area contributed by atoms with Gasteiger partial charge in [-0.05, 0) is 0 Å². The Morgan fingerprint density at radius 3 is 2.22 bits per heavy atom. The van der Waals surface area contributed by atoms with E-state index in [0.29, 0.717) is 11.8 Å². The van der Waals surface area contributed by atoms with Crippen molar-refractivity contribution in [2.24, 2.45) is 5.73 Å². The maximum atomic E-state index is 10.6. The van der Waals surface area contributed by atoms with Crippen molar-refractivity contribution >= 4 is 22.2 Å². The minimum Gasteiger partial charge on any atom is -0.378 e. The molecule has 0 saturated heterocycles. The topological polar surface area (TPSA) is 70.2 Å². The van der Waals surface area contributed by atoms with E-state index in [1.54, 1.807) is 14.1 Å². The quantitative estimate of drug-likeness (QED) is 0.382. The molecule has 0 atom stereocenters. The number of thioether (sulfide) groups is 1. The summed E-state index contributed by atoms with van der Waals surface area (Å²) < 4.78 is 0. The first-order valence-electron chi connectivity index (χ1n) is 2.27. The number of carbonyl (C=O) groups is 1. The van der Waals surface area contributed by atoms with Gasteiger partial charge in [0.05, 0.1) is 0 Å². The van der Waals surface area contributed by atoms with Crippen LogP contribution in [-0.2, 0) is 0 Å². The lowest BCUT2D eigenvalue weighted by Gasteiger charge is -2.06. The maximum absolute atomic E-state index is 10.6. The third-order valence-corrected chi connectivity index (χ3v) is 1.32. The Bertz CT molecular complexity index is 134. The Morgan fingerprint density at radius 1 is 1.67 bits per heavy atom. The molecule has 0 aromatic heterocycles. The highest BCUT2D eigenvalue weighted by atomic mass is 32.2.